The first-order chi connectivity index (χ1) is 9.85. The fourth-order valence-electron chi connectivity index (χ4n) is 1.37. The summed E-state index contributed by atoms with van der Waals surface area (Å²) in [6.45, 7) is 0. The number of carbonyl (C=O) groups is 1. The van der Waals surface area contributed by atoms with Crippen molar-refractivity contribution in [3.63, 3.8) is 0 Å². The van der Waals surface area contributed by atoms with Crippen molar-refractivity contribution in [2.24, 2.45) is 0 Å². The first-order valence-electron chi connectivity index (χ1n) is 5.43. The average molecular weight is 300 g/mol. The molecule has 0 amide bonds. The molecule has 0 radical (unpaired) electrons. The van der Waals surface area contributed by atoms with Crippen LogP contribution in [0.3, 0.4) is 0 Å². The van der Waals surface area contributed by atoms with E-state index in [2.05, 4.69) is 14.7 Å². The molecule has 1 aromatic carbocycles. The molecule has 0 spiro atoms. The quantitative estimate of drug-likeness (QED) is 0.935. The van der Waals surface area contributed by atoms with Crippen molar-refractivity contribution in [1.29, 1.82) is 0 Å². The second-order valence-electron chi connectivity index (χ2n) is 3.64. The highest BCUT2D eigenvalue weighted by molar-refractivity contribution is 5.87. The van der Waals surface area contributed by atoms with E-state index >= 15 is 0 Å². The Kier molecular flexibility index (Phi) is 3.92. The van der Waals surface area contributed by atoms with Crippen LogP contribution in [-0.2, 0) is 0 Å². The summed E-state index contributed by atoms with van der Waals surface area (Å²) in [6.07, 6.45) is -2.39. The Hall–Kier alpha value is -2.84. The lowest BCUT2D eigenvalue weighted by Crippen LogP contribution is -2.16. The average Bonchev–Trinajstić information content (AvgIpc) is 2.40. The Morgan fingerprint density at radius 3 is 2.19 bits per heavy atom. The third kappa shape index (κ3) is 4.06. The van der Waals surface area contributed by atoms with Gasteiger partial charge in [0.1, 0.15) is 11.5 Å². The molecule has 0 saturated heterocycles. The van der Waals surface area contributed by atoms with Crippen molar-refractivity contribution >= 4 is 5.97 Å². The van der Waals surface area contributed by atoms with Crippen LogP contribution < -0.4 is 9.47 Å². The minimum Gasteiger partial charge on any atom is -0.476 e. The summed E-state index contributed by atoms with van der Waals surface area (Å²) in [7, 11) is 0. The third-order valence-electron chi connectivity index (χ3n) is 2.14. The predicted molar refractivity (Wildman–Crippen MR) is 62.2 cm³/mol. The molecule has 1 heterocycles. The number of benzene rings is 1. The molecule has 0 unspecified atom stereocenters. The number of alkyl halides is 3. The summed E-state index contributed by atoms with van der Waals surface area (Å²) in [5.74, 6) is -1.94. The molecule has 0 aliphatic carbocycles. The van der Waals surface area contributed by atoms with Crippen LogP contribution in [0.15, 0.2) is 36.7 Å². The van der Waals surface area contributed by atoms with Crippen molar-refractivity contribution in [2.45, 2.75) is 6.36 Å². The summed E-state index contributed by atoms with van der Waals surface area (Å²) >= 11 is 0. The number of hydrogen-bond donors (Lipinski definition) is 1. The molecular weight excluding hydrogens is 293 g/mol. The van der Waals surface area contributed by atoms with Crippen molar-refractivity contribution in [2.75, 3.05) is 0 Å². The predicted octanol–water partition coefficient (Wildman–Crippen LogP) is 2.87. The molecular formula is C12H7F3N2O4. The zero-order valence-electron chi connectivity index (χ0n) is 10.2. The molecule has 0 saturated carbocycles. The van der Waals surface area contributed by atoms with Gasteiger partial charge in [0.25, 0.3) is 5.88 Å². The first-order valence-corrected chi connectivity index (χ1v) is 5.43. The van der Waals surface area contributed by atoms with Gasteiger partial charge in [0, 0.05) is 12.4 Å². The number of hydrogen-bond acceptors (Lipinski definition) is 5. The number of aromatic nitrogens is 2. The van der Waals surface area contributed by atoms with Gasteiger partial charge >= 0.3 is 12.3 Å². The molecule has 0 aliphatic heterocycles. The Bertz CT molecular complexity index is 644. The van der Waals surface area contributed by atoms with Gasteiger partial charge in [-0.2, -0.15) is 0 Å². The molecule has 110 valence electrons. The van der Waals surface area contributed by atoms with Gasteiger partial charge in [-0.15, -0.1) is 13.2 Å². The summed E-state index contributed by atoms with van der Waals surface area (Å²) in [5.41, 5.74) is -0.409. The normalized spacial score (nSPS) is 11.0. The highest BCUT2D eigenvalue weighted by Crippen LogP contribution is 2.27. The smallest absolute Gasteiger partial charge is 0.476 e. The van der Waals surface area contributed by atoms with Gasteiger partial charge in [-0.3, -0.25) is 0 Å². The molecule has 0 aliphatic rings. The van der Waals surface area contributed by atoms with Gasteiger partial charge in [-0.05, 0) is 24.3 Å². The highest BCUT2D eigenvalue weighted by atomic mass is 19.4. The topological polar surface area (TPSA) is 81.5 Å². The Balaban J connectivity index is 2.16. The number of carboxylic acid groups (broad SMARTS) is 1. The lowest BCUT2D eigenvalue weighted by molar-refractivity contribution is -0.274. The van der Waals surface area contributed by atoms with Crippen LogP contribution in [0, 0.1) is 0 Å². The van der Waals surface area contributed by atoms with Gasteiger partial charge in [-0.1, -0.05) is 0 Å². The maximum Gasteiger partial charge on any atom is 0.573 e. The number of rotatable bonds is 4. The van der Waals surface area contributed by atoms with E-state index < -0.39 is 23.8 Å². The fourth-order valence-corrected chi connectivity index (χ4v) is 1.37. The Morgan fingerprint density at radius 1 is 1.05 bits per heavy atom. The molecule has 9 heteroatoms. The summed E-state index contributed by atoms with van der Waals surface area (Å²) in [5, 5.41) is 8.89. The third-order valence-corrected chi connectivity index (χ3v) is 2.14. The van der Waals surface area contributed by atoms with Crippen LogP contribution in [-0.4, -0.2) is 27.4 Å². The lowest BCUT2D eigenvalue weighted by Gasteiger charge is -2.10. The summed E-state index contributed by atoms with van der Waals surface area (Å²) in [6, 6.07) is 4.42. The standard InChI is InChI=1S/C12H7F3N2O4/c13-12(14,15)21-8-3-1-7(2-4-8)20-10-9(11(18)19)16-5-6-17-10/h1-6H,(H,18,19). The molecule has 0 bridgehead atoms. The van der Waals surface area contributed by atoms with Gasteiger partial charge < -0.3 is 14.6 Å². The molecule has 1 N–H and O–H groups in total. The molecule has 2 aromatic rings. The van der Waals surface area contributed by atoms with Crippen molar-refractivity contribution in [3.8, 4) is 17.4 Å². The van der Waals surface area contributed by atoms with E-state index in [1.807, 2.05) is 0 Å². The second-order valence-corrected chi connectivity index (χ2v) is 3.64. The van der Waals surface area contributed by atoms with Crippen molar-refractivity contribution in [3.05, 3.63) is 42.4 Å². The Labute approximate surface area is 115 Å². The number of ether oxygens (including phenoxy) is 2. The minimum absolute atomic E-state index is 0.0903. The second kappa shape index (κ2) is 5.65. The van der Waals surface area contributed by atoms with Crippen LogP contribution in [0.1, 0.15) is 10.5 Å². The van der Waals surface area contributed by atoms with E-state index in [-0.39, 0.29) is 11.6 Å². The van der Waals surface area contributed by atoms with E-state index in [4.69, 9.17) is 9.84 Å². The highest BCUT2D eigenvalue weighted by Gasteiger charge is 2.31. The van der Waals surface area contributed by atoms with Crippen molar-refractivity contribution < 1.29 is 32.5 Å². The maximum atomic E-state index is 12.0. The fraction of sp³-hybridized carbons (Fsp3) is 0.0833. The van der Waals surface area contributed by atoms with E-state index in [1.54, 1.807) is 0 Å². The number of carboxylic acids is 1. The number of halogens is 3. The van der Waals surface area contributed by atoms with Gasteiger partial charge in [-0.25, -0.2) is 14.8 Å². The van der Waals surface area contributed by atoms with Crippen LogP contribution in [0.4, 0.5) is 13.2 Å². The van der Waals surface area contributed by atoms with Crippen LogP contribution >= 0.6 is 0 Å². The zero-order chi connectivity index (χ0) is 15.5. The van der Waals surface area contributed by atoms with Crippen LogP contribution in [0.5, 0.6) is 17.4 Å². The van der Waals surface area contributed by atoms with E-state index in [1.165, 1.54) is 24.5 Å². The lowest BCUT2D eigenvalue weighted by atomic mass is 10.3. The maximum absolute atomic E-state index is 12.0. The largest absolute Gasteiger partial charge is 0.573 e. The molecule has 0 atom stereocenters. The molecule has 2 rings (SSSR count). The minimum atomic E-state index is -4.79. The molecule has 1 aromatic heterocycles. The summed E-state index contributed by atoms with van der Waals surface area (Å²) < 4.78 is 44.8. The molecule has 21 heavy (non-hydrogen) atoms. The van der Waals surface area contributed by atoms with Crippen molar-refractivity contribution in [1.82, 2.24) is 9.97 Å². The molecule has 0 fully saturated rings. The summed E-state index contributed by atoms with van der Waals surface area (Å²) in [4.78, 5) is 18.2. The monoisotopic (exact) mass is 300 g/mol. The van der Waals surface area contributed by atoms with E-state index in [9.17, 15) is 18.0 Å². The molecule has 6 nitrogen and oxygen atoms in total. The van der Waals surface area contributed by atoms with E-state index in [0.29, 0.717) is 0 Å². The van der Waals surface area contributed by atoms with Crippen LogP contribution in [0.25, 0.3) is 0 Å². The van der Waals surface area contributed by atoms with Gasteiger partial charge in [0.2, 0.25) is 5.69 Å². The number of aromatic carboxylic acids is 1. The first kappa shape index (κ1) is 14.6. The SMILES string of the molecule is O=C(O)c1nccnc1Oc1ccc(OC(F)(F)F)cc1. The van der Waals surface area contributed by atoms with Gasteiger partial charge in [0.05, 0.1) is 0 Å². The van der Waals surface area contributed by atoms with Crippen LogP contribution in [0.2, 0.25) is 0 Å². The zero-order valence-corrected chi connectivity index (χ0v) is 10.2. The number of nitrogens with zero attached hydrogens (tertiary/aromatic N) is 2. The van der Waals surface area contributed by atoms with Gasteiger partial charge in [0.15, 0.2) is 0 Å². The van der Waals surface area contributed by atoms with E-state index in [0.717, 1.165) is 12.1 Å². The Morgan fingerprint density at radius 2 is 1.62 bits per heavy atom.